The molecular formula is C10H24N2O. The van der Waals surface area contributed by atoms with Gasteiger partial charge in [0, 0.05) is 6.42 Å². The second-order valence-electron chi connectivity index (χ2n) is 3.13. The van der Waals surface area contributed by atoms with Crippen molar-refractivity contribution in [2.45, 2.75) is 45.4 Å². The van der Waals surface area contributed by atoms with Crippen molar-refractivity contribution in [2.24, 2.45) is 5.73 Å². The molecule has 0 bridgehead atoms. The van der Waals surface area contributed by atoms with E-state index in [1.807, 2.05) is 14.1 Å². The van der Waals surface area contributed by atoms with Crippen LogP contribution >= 0.6 is 0 Å². The van der Waals surface area contributed by atoms with Crippen LogP contribution in [0, 0.1) is 0 Å². The molecule has 3 N–H and O–H groups in total. The first kappa shape index (κ1) is 14.9. The van der Waals surface area contributed by atoms with E-state index in [0.717, 1.165) is 12.8 Å². The van der Waals surface area contributed by atoms with E-state index in [-0.39, 0.29) is 5.91 Å². The molecule has 0 unspecified atom stereocenters. The van der Waals surface area contributed by atoms with Gasteiger partial charge in [-0.25, -0.2) is 0 Å². The molecule has 0 radical (unpaired) electrons. The lowest BCUT2D eigenvalue weighted by Crippen LogP contribution is -2.09. The second kappa shape index (κ2) is 14.0. The molecule has 0 spiro atoms. The average Bonchev–Trinajstić information content (AvgIpc) is 2.05. The minimum atomic E-state index is -0.170. The van der Waals surface area contributed by atoms with Crippen LogP contribution in [-0.2, 0) is 4.79 Å². The van der Waals surface area contributed by atoms with Gasteiger partial charge in [0.2, 0.25) is 5.91 Å². The van der Waals surface area contributed by atoms with Crippen molar-refractivity contribution in [1.82, 2.24) is 5.32 Å². The molecule has 0 saturated heterocycles. The number of primary amides is 1. The molecule has 0 aromatic carbocycles. The molecule has 1 amide bonds. The SMILES string of the molecule is CCCCCCCC(N)=O.CNC. The van der Waals surface area contributed by atoms with Gasteiger partial charge in [-0.2, -0.15) is 0 Å². The first-order valence-electron chi connectivity index (χ1n) is 5.05. The molecular weight excluding hydrogens is 164 g/mol. The van der Waals surface area contributed by atoms with Gasteiger partial charge in [0.05, 0.1) is 0 Å². The third-order valence-electron chi connectivity index (χ3n) is 1.53. The smallest absolute Gasteiger partial charge is 0.217 e. The molecule has 0 aliphatic carbocycles. The van der Waals surface area contributed by atoms with E-state index < -0.39 is 0 Å². The number of nitrogens with one attached hydrogen (secondary N) is 1. The Labute approximate surface area is 82.1 Å². The van der Waals surface area contributed by atoms with Crippen LogP contribution in [0.15, 0.2) is 0 Å². The van der Waals surface area contributed by atoms with Gasteiger partial charge in [0.25, 0.3) is 0 Å². The Morgan fingerprint density at radius 1 is 1.15 bits per heavy atom. The van der Waals surface area contributed by atoms with Crippen LogP contribution < -0.4 is 11.1 Å². The largest absolute Gasteiger partial charge is 0.370 e. The summed E-state index contributed by atoms with van der Waals surface area (Å²) in [5.41, 5.74) is 4.97. The normalized spacial score (nSPS) is 8.85. The van der Waals surface area contributed by atoms with Crippen LogP contribution in [0.1, 0.15) is 45.4 Å². The molecule has 0 aromatic heterocycles. The number of amides is 1. The van der Waals surface area contributed by atoms with E-state index in [0.29, 0.717) is 6.42 Å². The summed E-state index contributed by atoms with van der Waals surface area (Å²) >= 11 is 0. The van der Waals surface area contributed by atoms with Crippen LogP contribution in [0.25, 0.3) is 0 Å². The van der Waals surface area contributed by atoms with Gasteiger partial charge in [-0.3, -0.25) is 4.79 Å². The van der Waals surface area contributed by atoms with Crippen molar-refractivity contribution in [3.8, 4) is 0 Å². The van der Waals surface area contributed by atoms with Crippen molar-refractivity contribution < 1.29 is 4.79 Å². The van der Waals surface area contributed by atoms with Crippen LogP contribution in [0.5, 0.6) is 0 Å². The molecule has 3 heteroatoms. The van der Waals surface area contributed by atoms with Crippen LogP contribution in [0.3, 0.4) is 0 Å². The zero-order chi connectivity index (χ0) is 10.5. The summed E-state index contributed by atoms with van der Waals surface area (Å²) in [6.45, 7) is 2.17. The summed E-state index contributed by atoms with van der Waals surface area (Å²) in [5, 5.41) is 2.75. The van der Waals surface area contributed by atoms with Crippen molar-refractivity contribution in [2.75, 3.05) is 14.1 Å². The van der Waals surface area contributed by atoms with Crippen molar-refractivity contribution in [3.05, 3.63) is 0 Å². The van der Waals surface area contributed by atoms with Crippen molar-refractivity contribution in [1.29, 1.82) is 0 Å². The van der Waals surface area contributed by atoms with Crippen molar-refractivity contribution in [3.63, 3.8) is 0 Å². The first-order chi connectivity index (χ1) is 6.18. The number of hydrogen-bond acceptors (Lipinski definition) is 2. The third-order valence-corrected chi connectivity index (χ3v) is 1.53. The Morgan fingerprint density at radius 3 is 2.00 bits per heavy atom. The maximum Gasteiger partial charge on any atom is 0.217 e. The van der Waals surface area contributed by atoms with Gasteiger partial charge in [0.15, 0.2) is 0 Å². The molecule has 80 valence electrons. The Hall–Kier alpha value is -0.570. The summed E-state index contributed by atoms with van der Waals surface area (Å²) < 4.78 is 0. The lowest BCUT2D eigenvalue weighted by Gasteiger charge is -1.95. The average molecular weight is 188 g/mol. The zero-order valence-corrected chi connectivity index (χ0v) is 9.23. The Balaban J connectivity index is 0. The molecule has 0 heterocycles. The molecule has 0 aliphatic rings. The number of hydrogen-bond donors (Lipinski definition) is 2. The third kappa shape index (κ3) is 24.6. The predicted molar refractivity (Wildman–Crippen MR) is 57.6 cm³/mol. The summed E-state index contributed by atoms with van der Waals surface area (Å²) in [6.07, 6.45) is 6.44. The van der Waals surface area contributed by atoms with E-state index in [2.05, 4.69) is 12.2 Å². The molecule has 0 atom stereocenters. The Bertz CT molecular complexity index is 105. The highest BCUT2D eigenvalue weighted by atomic mass is 16.1. The Morgan fingerprint density at radius 2 is 1.62 bits per heavy atom. The number of unbranched alkanes of at least 4 members (excludes halogenated alkanes) is 4. The standard InChI is InChI=1S/C8H17NO.C2H7N/c1-2-3-4-5-6-7-8(9)10;1-3-2/h2-7H2,1H3,(H2,9,10);3H,1-2H3. The fourth-order valence-electron chi connectivity index (χ4n) is 0.903. The molecule has 3 nitrogen and oxygen atoms in total. The van der Waals surface area contributed by atoms with E-state index >= 15 is 0 Å². The quantitative estimate of drug-likeness (QED) is 0.623. The van der Waals surface area contributed by atoms with Crippen LogP contribution in [0.4, 0.5) is 0 Å². The highest BCUT2D eigenvalue weighted by Crippen LogP contribution is 2.03. The van der Waals surface area contributed by atoms with Gasteiger partial charge < -0.3 is 11.1 Å². The second-order valence-corrected chi connectivity index (χ2v) is 3.13. The van der Waals surface area contributed by atoms with Crippen molar-refractivity contribution >= 4 is 5.91 Å². The Kier molecular flexibility index (Phi) is 16.1. The lowest BCUT2D eigenvalue weighted by atomic mass is 10.1. The molecule has 13 heavy (non-hydrogen) atoms. The molecule has 0 aromatic rings. The summed E-state index contributed by atoms with van der Waals surface area (Å²) in [4.78, 5) is 10.3. The molecule has 0 fully saturated rings. The topological polar surface area (TPSA) is 55.1 Å². The molecule has 0 saturated carbocycles. The predicted octanol–water partition coefficient (Wildman–Crippen LogP) is 1.67. The number of carbonyl (C=O) groups is 1. The summed E-state index contributed by atoms with van der Waals surface area (Å²) in [5.74, 6) is -0.170. The maximum atomic E-state index is 10.3. The van der Waals surface area contributed by atoms with E-state index in [9.17, 15) is 4.79 Å². The van der Waals surface area contributed by atoms with Gasteiger partial charge in [-0.05, 0) is 20.5 Å². The lowest BCUT2D eigenvalue weighted by molar-refractivity contribution is -0.118. The fourth-order valence-corrected chi connectivity index (χ4v) is 0.903. The van der Waals surface area contributed by atoms with Gasteiger partial charge in [0.1, 0.15) is 0 Å². The highest BCUT2D eigenvalue weighted by Gasteiger charge is 1.92. The number of carbonyl (C=O) groups excluding carboxylic acids is 1. The van der Waals surface area contributed by atoms with Gasteiger partial charge >= 0.3 is 0 Å². The summed E-state index contributed by atoms with van der Waals surface area (Å²) in [6, 6.07) is 0. The number of nitrogens with two attached hydrogens (primary N) is 1. The molecule has 0 aliphatic heterocycles. The van der Waals surface area contributed by atoms with Gasteiger partial charge in [-0.15, -0.1) is 0 Å². The van der Waals surface area contributed by atoms with Gasteiger partial charge in [-0.1, -0.05) is 32.6 Å². The minimum absolute atomic E-state index is 0.170. The minimum Gasteiger partial charge on any atom is -0.370 e. The first-order valence-corrected chi connectivity index (χ1v) is 5.05. The van der Waals surface area contributed by atoms with Crippen LogP contribution in [0.2, 0.25) is 0 Å². The van der Waals surface area contributed by atoms with E-state index in [1.165, 1.54) is 19.3 Å². The van der Waals surface area contributed by atoms with Crippen LogP contribution in [-0.4, -0.2) is 20.0 Å². The van der Waals surface area contributed by atoms with E-state index in [4.69, 9.17) is 5.73 Å². The zero-order valence-electron chi connectivity index (χ0n) is 9.23. The summed E-state index contributed by atoms with van der Waals surface area (Å²) in [7, 11) is 3.75. The highest BCUT2D eigenvalue weighted by molar-refractivity contribution is 5.73. The van der Waals surface area contributed by atoms with E-state index in [1.54, 1.807) is 0 Å². The number of rotatable bonds is 6. The molecule has 0 rings (SSSR count). The monoisotopic (exact) mass is 188 g/mol. The maximum absolute atomic E-state index is 10.3. The fraction of sp³-hybridized carbons (Fsp3) is 0.900.